The molecule has 0 unspecified atom stereocenters. The average molecular weight is 333 g/mol. The maximum atomic E-state index is 3.62. The molecule has 0 radical (unpaired) electrons. The van der Waals surface area contributed by atoms with Gasteiger partial charge in [0.15, 0.2) is 0 Å². The maximum Gasteiger partial charge on any atom is 4.00 e. The molecule has 2 rings (SSSR count). The first-order chi connectivity index (χ1) is 6.20. The number of aromatic amines is 1. The van der Waals surface area contributed by atoms with E-state index in [9.17, 15) is 0 Å². The Kier molecular flexibility index (Phi) is 15.2. The van der Waals surface area contributed by atoms with E-state index in [0.717, 1.165) is 5.57 Å². The van der Waals surface area contributed by atoms with Crippen molar-refractivity contribution < 1.29 is 51.0 Å². The number of nitrogens with one attached hydrogen (secondary N) is 1. The SMILES string of the molecule is C=C1[C-]=CC=C1.Cc1[c-][nH]cc1C.[Cl-].[Cl-].[Zr+4]. The normalized spacial score (nSPS) is 10.5. The summed E-state index contributed by atoms with van der Waals surface area (Å²) in [5, 5.41) is 0. The summed E-state index contributed by atoms with van der Waals surface area (Å²) in [6.07, 6.45) is 13.5. The molecular weight excluding hydrogens is 320 g/mol. The van der Waals surface area contributed by atoms with Crippen LogP contribution in [0.25, 0.3) is 0 Å². The molecule has 84 valence electrons. The van der Waals surface area contributed by atoms with Crippen LogP contribution in [0, 0.1) is 26.1 Å². The van der Waals surface area contributed by atoms with E-state index in [2.05, 4.69) is 30.8 Å². The Morgan fingerprint density at radius 2 is 1.88 bits per heavy atom. The number of aryl methyl sites for hydroxylation is 2. The van der Waals surface area contributed by atoms with Crippen molar-refractivity contribution in [1.29, 1.82) is 0 Å². The minimum absolute atomic E-state index is 0. The van der Waals surface area contributed by atoms with Crippen molar-refractivity contribution in [2.24, 2.45) is 0 Å². The van der Waals surface area contributed by atoms with Crippen molar-refractivity contribution >= 4 is 0 Å². The smallest absolute Gasteiger partial charge is 1.00 e. The Morgan fingerprint density at radius 1 is 1.25 bits per heavy atom. The van der Waals surface area contributed by atoms with E-state index in [1.54, 1.807) is 0 Å². The second-order valence-corrected chi connectivity index (χ2v) is 2.92. The van der Waals surface area contributed by atoms with Crippen LogP contribution in [0.5, 0.6) is 0 Å². The molecule has 0 atom stereocenters. The number of H-pyrrole nitrogens is 1. The summed E-state index contributed by atoms with van der Waals surface area (Å²) in [6, 6.07) is 0. The number of halogens is 2. The molecule has 4 heteroatoms. The third-order valence-electron chi connectivity index (χ3n) is 1.80. The largest absolute Gasteiger partial charge is 4.00 e. The Bertz CT molecular complexity index is 323. The average Bonchev–Trinajstić information content (AvgIpc) is 2.67. The number of hydrogen-bond donors (Lipinski definition) is 1. The van der Waals surface area contributed by atoms with Crippen molar-refractivity contribution in [1.82, 2.24) is 4.98 Å². The van der Waals surface area contributed by atoms with Crippen molar-refractivity contribution in [3.8, 4) is 0 Å². The van der Waals surface area contributed by atoms with E-state index in [0.29, 0.717) is 0 Å². The van der Waals surface area contributed by atoms with E-state index in [1.165, 1.54) is 11.1 Å². The molecule has 16 heavy (non-hydrogen) atoms. The fourth-order valence-corrected chi connectivity index (χ4v) is 0.827. The number of aromatic nitrogens is 1. The molecule has 1 aromatic heterocycles. The van der Waals surface area contributed by atoms with Crippen LogP contribution in [0.1, 0.15) is 11.1 Å². The van der Waals surface area contributed by atoms with Crippen LogP contribution in [-0.4, -0.2) is 4.98 Å². The fourth-order valence-electron chi connectivity index (χ4n) is 0.827. The Hall–Kier alpha value is -0.0369. The quantitative estimate of drug-likeness (QED) is 0.485. The number of hydrogen-bond acceptors (Lipinski definition) is 0. The van der Waals surface area contributed by atoms with Crippen LogP contribution >= 0.6 is 0 Å². The van der Waals surface area contributed by atoms with Crippen LogP contribution in [0.4, 0.5) is 0 Å². The third kappa shape index (κ3) is 8.15. The van der Waals surface area contributed by atoms with Gasteiger partial charge in [0.2, 0.25) is 0 Å². The zero-order valence-corrected chi connectivity index (χ0v) is 13.2. The van der Waals surface area contributed by atoms with E-state index in [-0.39, 0.29) is 51.0 Å². The second-order valence-electron chi connectivity index (χ2n) is 2.92. The van der Waals surface area contributed by atoms with Crippen molar-refractivity contribution in [3.05, 3.63) is 60.0 Å². The standard InChI is InChI=1S/C6H8N.C6H5.2ClH.Zr/c1-5-3-7-4-6(5)2;1-6-4-2-3-5-6;;;/h3,7H,1-2H3;2-4H,1H2;2*1H;/q2*-1;;;+4/p-2. The molecule has 0 amide bonds. The molecule has 0 saturated heterocycles. The van der Waals surface area contributed by atoms with Gasteiger partial charge in [0.05, 0.1) is 0 Å². The molecular formula is C12H13Cl2NZr. The van der Waals surface area contributed by atoms with Gasteiger partial charge in [-0.2, -0.15) is 41.5 Å². The van der Waals surface area contributed by atoms with E-state index in [4.69, 9.17) is 0 Å². The molecule has 0 aliphatic heterocycles. The predicted molar refractivity (Wildman–Crippen MR) is 55.2 cm³/mol. The van der Waals surface area contributed by atoms with E-state index in [1.807, 2.05) is 31.3 Å². The molecule has 1 aliphatic rings. The molecule has 0 saturated carbocycles. The van der Waals surface area contributed by atoms with E-state index < -0.39 is 0 Å². The summed E-state index contributed by atoms with van der Waals surface area (Å²) in [4.78, 5) is 2.87. The van der Waals surface area contributed by atoms with Gasteiger partial charge < -0.3 is 29.8 Å². The first-order valence-electron chi connectivity index (χ1n) is 4.17. The molecule has 1 aliphatic carbocycles. The van der Waals surface area contributed by atoms with Gasteiger partial charge >= 0.3 is 26.2 Å². The summed E-state index contributed by atoms with van der Waals surface area (Å²) >= 11 is 0. The first-order valence-corrected chi connectivity index (χ1v) is 4.17. The molecule has 1 N–H and O–H groups in total. The van der Waals surface area contributed by atoms with Crippen molar-refractivity contribution in [3.63, 3.8) is 0 Å². The number of rotatable bonds is 0. The minimum atomic E-state index is 0. The second kappa shape index (κ2) is 11.4. The maximum absolute atomic E-state index is 3.62. The minimum Gasteiger partial charge on any atom is -1.00 e. The number of allylic oxidation sites excluding steroid dienone is 5. The van der Waals surface area contributed by atoms with E-state index >= 15 is 0 Å². The Morgan fingerprint density at radius 3 is 2.00 bits per heavy atom. The van der Waals surface area contributed by atoms with Crippen molar-refractivity contribution in [2.75, 3.05) is 0 Å². The van der Waals surface area contributed by atoms with Gasteiger partial charge in [-0.3, -0.25) is 0 Å². The summed E-state index contributed by atoms with van der Waals surface area (Å²) < 4.78 is 0. The van der Waals surface area contributed by atoms with Gasteiger partial charge in [0.25, 0.3) is 0 Å². The van der Waals surface area contributed by atoms with Crippen LogP contribution < -0.4 is 24.8 Å². The Labute approximate surface area is 129 Å². The summed E-state index contributed by atoms with van der Waals surface area (Å²) in [6.45, 7) is 7.72. The van der Waals surface area contributed by atoms with Gasteiger partial charge in [-0.25, -0.2) is 0 Å². The zero-order valence-electron chi connectivity index (χ0n) is 9.27. The fraction of sp³-hybridized carbons (Fsp3) is 0.167. The Balaban J connectivity index is -0.000000179. The van der Waals surface area contributed by atoms with Crippen LogP contribution in [0.3, 0.4) is 0 Å². The molecule has 0 bridgehead atoms. The van der Waals surface area contributed by atoms with Crippen LogP contribution in [0.2, 0.25) is 0 Å². The zero-order chi connectivity index (χ0) is 9.68. The van der Waals surface area contributed by atoms with Crippen molar-refractivity contribution in [2.45, 2.75) is 13.8 Å². The topological polar surface area (TPSA) is 15.8 Å². The first kappa shape index (κ1) is 21.3. The molecule has 1 heterocycles. The molecule has 1 aromatic rings. The molecule has 1 nitrogen and oxygen atoms in total. The molecule has 0 fully saturated rings. The van der Waals surface area contributed by atoms with Crippen LogP contribution in [-0.2, 0) is 26.2 Å². The van der Waals surface area contributed by atoms with Gasteiger partial charge in [-0.15, -0.1) is 18.5 Å². The third-order valence-corrected chi connectivity index (χ3v) is 1.80. The summed E-state index contributed by atoms with van der Waals surface area (Å²) in [5.74, 6) is 0. The van der Waals surface area contributed by atoms with Gasteiger partial charge in [-0.05, 0) is 0 Å². The van der Waals surface area contributed by atoms with Gasteiger partial charge in [0.1, 0.15) is 0 Å². The van der Waals surface area contributed by atoms with Crippen LogP contribution in [0.15, 0.2) is 36.6 Å². The molecule has 0 spiro atoms. The predicted octanol–water partition coefficient (Wildman–Crippen LogP) is -3.09. The monoisotopic (exact) mass is 331 g/mol. The summed E-state index contributed by atoms with van der Waals surface area (Å²) in [7, 11) is 0. The van der Waals surface area contributed by atoms with Gasteiger partial charge in [0, 0.05) is 0 Å². The van der Waals surface area contributed by atoms with Gasteiger partial charge in [-0.1, -0.05) is 13.8 Å². The summed E-state index contributed by atoms with van der Waals surface area (Å²) in [5.41, 5.74) is 3.45. The molecule has 0 aromatic carbocycles.